The zero-order valence-corrected chi connectivity index (χ0v) is 12.3. The summed E-state index contributed by atoms with van der Waals surface area (Å²) in [4.78, 5) is 4.47. The predicted octanol–water partition coefficient (Wildman–Crippen LogP) is 1.50. The molecule has 3 unspecified atom stereocenters. The molecule has 3 atom stereocenters. The second kappa shape index (κ2) is 7.02. The summed E-state index contributed by atoms with van der Waals surface area (Å²) in [6.45, 7) is 5.00. The van der Waals surface area contributed by atoms with Crippen LogP contribution in [0.3, 0.4) is 0 Å². The van der Waals surface area contributed by atoms with Gasteiger partial charge in [0, 0.05) is 19.2 Å². The van der Waals surface area contributed by atoms with Crippen LogP contribution in [-0.2, 0) is 15.9 Å². The third-order valence-electron chi connectivity index (χ3n) is 3.50. The Balaban J connectivity index is 1.95. The average molecular weight is 281 g/mol. The predicted molar refractivity (Wildman–Crippen MR) is 75.0 cm³/mol. The van der Waals surface area contributed by atoms with Crippen molar-refractivity contribution in [2.75, 3.05) is 20.3 Å². The Bertz CT molecular complexity index is 438. The van der Waals surface area contributed by atoms with Gasteiger partial charge in [-0.05, 0) is 25.5 Å². The molecule has 112 valence electrons. The maximum atomic E-state index is 9.76. The molecule has 0 aromatic carbocycles. The molecule has 0 aliphatic heterocycles. The maximum Gasteiger partial charge on any atom is 0.141 e. The van der Waals surface area contributed by atoms with Crippen LogP contribution in [0.15, 0.2) is 12.1 Å². The van der Waals surface area contributed by atoms with E-state index in [4.69, 9.17) is 14.2 Å². The number of ether oxygens (including phenoxy) is 3. The van der Waals surface area contributed by atoms with E-state index in [1.807, 2.05) is 19.1 Å². The van der Waals surface area contributed by atoms with E-state index in [9.17, 15) is 5.11 Å². The first-order valence-corrected chi connectivity index (χ1v) is 7.07. The zero-order valence-electron chi connectivity index (χ0n) is 12.3. The van der Waals surface area contributed by atoms with Crippen LogP contribution < -0.4 is 4.74 Å². The van der Waals surface area contributed by atoms with Crippen molar-refractivity contribution in [2.45, 2.75) is 45.0 Å². The number of aliphatic hydroxyl groups excluding tert-OH is 1. The van der Waals surface area contributed by atoms with E-state index in [1.165, 1.54) is 0 Å². The van der Waals surface area contributed by atoms with Crippen molar-refractivity contribution in [3.05, 3.63) is 23.5 Å². The van der Waals surface area contributed by atoms with E-state index in [-0.39, 0.29) is 12.2 Å². The summed E-state index contributed by atoms with van der Waals surface area (Å²) < 4.78 is 16.5. The fourth-order valence-electron chi connectivity index (χ4n) is 2.28. The normalized spacial score (nSPS) is 25.3. The first kappa shape index (κ1) is 15.2. The van der Waals surface area contributed by atoms with Gasteiger partial charge in [0.2, 0.25) is 0 Å². The summed E-state index contributed by atoms with van der Waals surface area (Å²) >= 11 is 0. The molecule has 1 aromatic heterocycles. The molecule has 1 fully saturated rings. The van der Waals surface area contributed by atoms with Crippen LogP contribution in [0.2, 0.25) is 0 Å². The van der Waals surface area contributed by atoms with Gasteiger partial charge in [0.25, 0.3) is 0 Å². The number of aromatic nitrogens is 1. The van der Waals surface area contributed by atoms with Gasteiger partial charge in [-0.1, -0.05) is 6.92 Å². The minimum atomic E-state index is -0.458. The Morgan fingerprint density at radius 3 is 2.80 bits per heavy atom. The van der Waals surface area contributed by atoms with Crippen molar-refractivity contribution in [1.82, 2.24) is 4.98 Å². The highest BCUT2D eigenvalue weighted by atomic mass is 16.6. The minimum Gasteiger partial charge on any atom is -0.486 e. The number of rotatable bonds is 7. The van der Waals surface area contributed by atoms with Crippen LogP contribution in [-0.4, -0.2) is 48.7 Å². The van der Waals surface area contributed by atoms with Gasteiger partial charge >= 0.3 is 0 Å². The molecule has 0 saturated heterocycles. The maximum absolute atomic E-state index is 9.76. The Morgan fingerprint density at radius 1 is 1.35 bits per heavy atom. The summed E-state index contributed by atoms with van der Waals surface area (Å²) in [7, 11) is 1.63. The second-order valence-corrected chi connectivity index (χ2v) is 5.04. The standard InChI is InChI=1S/C15H23NO4/c1-4-11-13(6-5-10(2)16-11)20-14-9-12(17)15(14)19-8-7-18-3/h5-6,12,14-15,17H,4,7-9H2,1-3H3. The lowest BCUT2D eigenvalue weighted by Gasteiger charge is -2.41. The number of pyridine rings is 1. The lowest BCUT2D eigenvalue weighted by atomic mass is 9.88. The van der Waals surface area contributed by atoms with Crippen molar-refractivity contribution in [3.63, 3.8) is 0 Å². The van der Waals surface area contributed by atoms with Crippen LogP contribution >= 0.6 is 0 Å². The summed E-state index contributed by atoms with van der Waals surface area (Å²) in [5.41, 5.74) is 1.93. The van der Waals surface area contributed by atoms with E-state index in [2.05, 4.69) is 11.9 Å². The molecule has 0 radical (unpaired) electrons. The van der Waals surface area contributed by atoms with Gasteiger partial charge in [0.15, 0.2) is 0 Å². The van der Waals surface area contributed by atoms with Crippen molar-refractivity contribution in [1.29, 1.82) is 0 Å². The highest BCUT2D eigenvalue weighted by Gasteiger charge is 2.43. The van der Waals surface area contributed by atoms with Crippen LogP contribution in [0.1, 0.15) is 24.7 Å². The second-order valence-electron chi connectivity index (χ2n) is 5.04. The average Bonchev–Trinajstić information content (AvgIpc) is 2.44. The van der Waals surface area contributed by atoms with Crippen LogP contribution in [0.4, 0.5) is 0 Å². The van der Waals surface area contributed by atoms with E-state index in [0.29, 0.717) is 19.6 Å². The van der Waals surface area contributed by atoms with E-state index in [1.54, 1.807) is 7.11 Å². The minimum absolute atomic E-state index is 0.114. The molecule has 20 heavy (non-hydrogen) atoms. The van der Waals surface area contributed by atoms with Gasteiger partial charge in [-0.25, -0.2) is 0 Å². The largest absolute Gasteiger partial charge is 0.486 e. The number of methoxy groups -OCH3 is 1. The molecule has 1 N–H and O–H groups in total. The van der Waals surface area contributed by atoms with Crippen LogP contribution in [0.25, 0.3) is 0 Å². The molecule has 1 aromatic rings. The van der Waals surface area contributed by atoms with Gasteiger partial charge in [-0.2, -0.15) is 0 Å². The fourth-order valence-corrected chi connectivity index (χ4v) is 2.28. The molecule has 0 amide bonds. The molecular formula is C15H23NO4. The third kappa shape index (κ3) is 3.48. The number of hydrogen-bond donors (Lipinski definition) is 1. The molecule has 0 spiro atoms. The first-order valence-electron chi connectivity index (χ1n) is 7.07. The molecule has 5 heteroatoms. The van der Waals surface area contributed by atoms with Crippen molar-refractivity contribution < 1.29 is 19.3 Å². The highest BCUT2D eigenvalue weighted by molar-refractivity contribution is 5.30. The van der Waals surface area contributed by atoms with Crippen LogP contribution in [0, 0.1) is 6.92 Å². The molecule has 2 rings (SSSR count). The summed E-state index contributed by atoms with van der Waals surface area (Å²) in [5.74, 6) is 0.787. The summed E-state index contributed by atoms with van der Waals surface area (Å²) in [6, 6.07) is 3.88. The molecule has 0 bridgehead atoms. The Morgan fingerprint density at radius 2 is 2.15 bits per heavy atom. The fraction of sp³-hybridized carbons (Fsp3) is 0.667. The molecule has 1 heterocycles. The lowest BCUT2D eigenvalue weighted by molar-refractivity contribution is -0.167. The number of aryl methyl sites for hydroxylation is 2. The summed E-state index contributed by atoms with van der Waals surface area (Å²) in [6.07, 6.45) is 0.559. The lowest BCUT2D eigenvalue weighted by Crippen LogP contribution is -2.55. The van der Waals surface area contributed by atoms with Gasteiger partial charge in [-0.15, -0.1) is 0 Å². The molecule has 1 saturated carbocycles. The quantitative estimate of drug-likeness (QED) is 0.767. The Labute approximate surface area is 119 Å². The van der Waals surface area contributed by atoms with Gasteiger partial charge < -0.3 is 19.3 Å². The van der Waals surface area contributed by atoms with Gasteiger partial charge in [0.1, 0.15) is 18.0 Å². The van der Waals surface area contributed by atoms with E-state index < -0.39 is 6.10 Å². The van der Waals surface area contributed by atoms with Gasteiger partial charge in [-0.3, -0.25) is 4.98 Å². The van der Waals surface area contributed by atoms with Crippen molar-refractivity contribution in [2.24, 2.45) is 0 Å². The van der Waals surface area contributed by atoms with Crippen molar-refractivity contribution >= 4 is 0 Å². The molecule has 5 nitrogen and oxygen atoms in total. The summed E-state index contributed by atoms with van der Waals surface area (Å²) in [5, 5.41) is 9.76. The van der Waals surface area contributed by atoms with Gasteiger partial charge in [0.05, 0.1) is 25.0 Å². The van der Waals surface area contributed by atoms with Crippen molar-refractivity contribution in [3.8, 4) is 5.75 Å². The van der Waals surface area contributed by atoms with E-state index in [0.717, 1.165) is 23.6 Å². The van der Waals surface area contributed by atoms with E-state index >= 15 is 0 Å². The number of aliphatic hydroxyl groups is 1. The Kier molecular flexibility index (Phi) is 5.34. The SMILES string of the molecule is CCc1nc(C)ccc1OC1CC(O)C1OCCOC. The third-order valence-corrected chi connectivity index (χ3v) is 3.50. The molecular weight excluding hydrogens is 258 g/mol. The Hall–Kier alpha value is -1.17. The molecule has 1 aliphatic carbocycles. The highest BCUT2D eigenvalue weighted by Crippen LogP contribution is 2.30. The number of nitrogens with zero attached hydrogens (tertiary/aromatic N) is 1. The topological polar surface area (TPSA) is 60.8 Å². The first-order chi connectivity index (χ1) is 9.65. The number of hydrogen-bond acceptors (Lipinski definition) is 5. The molecule has 1 aliphatic rings. The smallest absolute Gasteiger partial charge is 0.141 e. The van der Waals surface area contributed by atoms with Crippen LogP contribution in [0.5, 0.6) is 5.75 Å². The zero-order chi connectivity index (χ0) is 14.5. The monoisotopic (exact) mass is 281 g/mol.